The van der Waals surface area contributed by atoms with Crippen LogP contribution < -0.4 is 0 Å². The van der Waals surface area contributed by atoms with Gasteiger partial charge in [-0.3, -0.25) is 5.01 Å². The average molecular weight is 281 g/mol. The Morgan fingerprint density at radius 1 is 1.19 bits per heavy atom. The first-order valence-electron chi connectivity index (χ1n) is 7.05. The molecule has 1 N–H and O–H groups in total. The molecule has 0 saturated carbocycles. The first-order chi connectivity index (χ1) is 10.2. The first-order valence-corrected chi connectivity index (χ1v) is 7.05. The summed E-state index contributed by atoms with van der Waals surface area (Å²) in [4.78, 5) is 3.21. The van der Waals surface area contributed by atoms with Gasteiger partial charge in [0.2, 0.25) is 0 Å². The third kappa shape index (κ3) is 3.11. The van der Waals surface area contributed by atoms with Crippen LogP contribution in [0.3, 0.4) is 0 Å². The Morgan fingerprint density at radius 3 is 2.43 bits per heavy atom. The van der Waals surface area contributed by atoms with E-state index in [4.69, 9.17) is 0 Å². The lowest BCUT2D eigenvalue weighted by Crippen LogP contribution is -2.14. The quantitative estimate of drug-likeness (QED) is 0.659. The maximum atomic E-state index is 9.35. The van der Waals surface area contributed by atoms with Gasteiger partial charge in [0.1, 0.15) is 11.6 Å². The lowest BCUT2D eigenvalue weighted by molar-refractivity contribution is 0.300. The molecule has 0 atom stereocenters. The molecule has 0 amide bonds. The smallest absolute Gasteiger partial charge is 0.173 e. The Balaban J connectivity index is 2.42. The summed E-state index contributed by atoms with van der Waals surface area (Å²) in [5.41, 5.74) is 3.40. The van der Waals surface area contributed by atoms with Crippen molar-refractivity contribution in [2.75, 3.05) is 13.1 Å². The van der Waals surface area contributed by atoms with Crippen LogP contribution in [0.15, 0.2) is 40.7 Å². The monoisotopic (exact) mass is 281 g/mol. The number of aromatic amines is 1. The Kier molecular flexibility index (Phi) is 4.72. The second-order valence-electron chi connectivity index (χ2n) is 4.65. The van der Waals surface area contributed by atoms with Crippen molar-refractivity contribution in [2.24, 2.45) is 10.3 Å². The second kappa shape index (κ2) is 6.71. The number of benzene rings is 1. The van der Waals surface area contributed by atoms with Crippen LogP contribution in [0.4, 0.5) is 5.82 Å². The van der Waals surface area contributed by atoms with Crippen LogP contribution in [0.2, 0.25) is 0 Å². The molecule has 1 aromatic carbocycles. The predicted molar refractivity (Wildman–Crippen MR) is 83.1 cm³/mol. The fourth-order valence-corrected chi connectivity index (χ4v) is 2.14. The van der Waals surface area contributed by atoms with E-state index in [2.05, 4.69) is 21.4 Å². The summed E-state index contributed by atoms with van der Waals surface area (Å²) in [7, 11) is 0. The molecule has 0 fully saturated rings. The number of nitrogens with zero attached hydrogens (tertiary/aromatic N) is 4. The minimum atomic E-state index is 0.515. The second-order valence-corrected chi connectivity index (χ2v) is 4.65. The van der Waals surface area contributed by atoms with E-state index < -0.39 is 0 Å². The minimum Gasteiger partial charge on any atom is -0.337 e. The molecule has 0 unspecified atom stereocenters. The standard InChI is InChI=1S/C16H19N5/c1-4-21(5-2)20-19-16-14(11-17)12(3)15(18-16)13-9-7-6-8-10-13/h6-10,18H,4-5H2,1-3H3/b20-19+. The molecule has 5 nitrogen and oxygen atoms in total. The van der Waals surface area contributed by atoms with Crippen molar-refractivity contribution in [3.63, 3.8) is 0 Å². The number of hydrogen-bond acceptors (Lipinski definition) is 3. The highest BCUT2D eigenvalue weighted by atomic mass is 15.5. The van der Waals surface area contributed by atoms with Gasteiger partial charge in [0.15, 0.2) is 5.82 Å². The summed E-state index contributed by atoms with van der Waals surface area (Å²) in [6.07, 6.45) is 0. The van der Waals surface area contributed by atoms with E-state index in [0.717, 1.165) is 29.9 Å². The normalized spacial score (nSPS) is 10.8. The first kappa shape index (κ1) is 14.8. The number of H-pyrrole nitrogens is 1. The molecule has 1 heterocycles. The van der Waals surface area contributed by atoms with Crippen molar-refractivity contribution >= 4 is 5.82 Å². The Labute approximate surface area is 124 Å². The van der Waals surface area contributed by atoms with Crippen molar-refractivity contribution in [1.29, 1.82) is 5.26 Å². The molecule has 2 aromatic rings. The largest absolute Gasteiger partial charge is 0.337 e. The van der Waals surface area contributed by atoms with Crippen molar-refractivity contribution in [1.82, 2.24) is 9.99 Å². The molecule has 21 heavy (non-hydrogen) atoms. The lowest BCUT2D eigenvalue weighted by atomic mass is 10.1. The molecular formula is C16H19N5. The van der Waals surface area contributed by atoms with Crippen LogP contribution in [-0.4, -0.2) is 23.1 Å². The molecule has 108 valence electrons. The van der Waals surface area contributed by atoms with Crippen LogP contribution >= 0.6 is 0 Å². The van der Waals surface area contributed by atoms with E-state index in [9.17, 15) is 5.26 Å². The van der Waals surface area contributed by atoms with Gasteiger partial charge in [0, 0.05) is 13.1 Å². The zero-order valence-electron chi connectivity index (χ0n) is 12.6. The number of nitrogens with one attached hydrogen (secondary N) is 1. The van der Waals surface area contributed by atoms with Gasteiger partial charge in [-0.05, 0) is 31.9 Å². The van der Waals surface area contributed by atoms with Crippen LogP contribution in [0.1, 0.15) is 25.0 Å². The number of hydrogen-bond donors (Lipinski definition) is 1. The number of aromatic nitrogens is 1. The van der Waals surface area contributed by atoms with Crippen molar-refractivity contribution in [2.45, 2.75) is 20.8 Å². The molecule has 0 aliphatic rings. The highest BCUT2D eigenvalue weighted by Crippen LogP contribution is 2.31. The van der Waals surface area contributed by atoms with E-state index in [-0.39, 0.29) is 0 Å². The highest BCUT2D eigenvalue weighted by molar-refractivity contribution is 5.72. The Bertz CT molecular complexity index is 660. The van der Waals surface area contributed by atoms with Gasteiger partial charge in [0.25, 0.3) is 0 Å². The van der Waals surface area contributed by atoms with Gasteiger partial charge in [-0.1, -0.05) is 35.6 Å². The summed E-state index contributed by atoms with van der Waals surface area (Å²) in [6, 6.07) is 12.1. The maximum absolute atomic E-state index is 9.35. The Hall–Kier alpha value is -2.61. The molecule has 0 radical (unpaired) electrons. The van der Waals surface area contributed by atoms with Gasteiger partial charge in [-0.15, -0.1) is 5.11 Å². The lowest BCUT2D eigenvalue weighted by Gasteiger charge is -2.10. The van der Waals surface area contributed by atoms with E-state index >= 15 is 0 Å². The maximum Gasteiger partial charge on any atom is 0.173 e. The summed E-state index contributed by atoms with van der Waals surface area (Å²) in [6.45, 7) is 7.53. The molecule has 0 bridgehead atoms. The van der Waals surface area contributed by atoms with Gasteiger partial charge in [-0.2, -0.15) is 5.26 Å². The average Bonchev–Trinajstić information content (AvgIpc) is 2.85. The number of rotatable bonds is 5. The summed E-state index contributed by atoms with van der Waals surface area (Å²) < 4.78 is 0. The molecular weight excluding hydrogens is 262 g/mol. The SMILES string of the molecule is CCN(CC)/N=N/c1[nH]c(-c2ccccc2)c(C)c1C#N. The summed E-state index contributed by atoms with van der Waals surface area (Å²) >= 11 is 0. The topological polar surface area (TPSA) is 67.5 Å². The van der Waals surface area contributed by atoms with E-state index in [1.54, 1.807) is 0 Å². The van der Waals surface area contributed by atoms with E-state index in [1.807, 2.05) is 56.1 Å². The van der Waals surface area contributed by atoms with Crippen LogP contribution in [0, 0.1) is 18.3 Å². The molecule has 1 aromatic heterocycles. The molecule has 0 spiro atoms. The molecule has 5 heteroatoms. The fraction of sp³-hybridized carbons (Fsp3) is 0.312. The highest BCUT2D eigenvalue weighted by Gasteiger charge is 2.15. The zero-order valence-corrected chi connectivity index (χ0v) is 12.6. The molecule has 0 aliphatic carbocycles. The van der Waals surface area contributed by atoms with Gasteiger partial charge in [0.05, 0.1) is 5.69 Å². The van der Waals surface area contributed by atoms with E-state index in [0.29, 0.717) is 11.4 Å². The fourth-order valence-electron chi connectivity index (χ4n) is 2.14. The minimum absolute atomic E-state index is 0.515. The zero-order chi connectivity index (χ0) is 15.2. The third-order valence-corrected chi connectivity index (χ3v) is 3.41. The van der Waals surface area contributed by atoms with Crippen molar-refractivity contribution in [3.05, 3.63) is 41.5 Å². The van der Waals surface area contributed by atoms with Crippen molar-refractivity contribution in [3.8, 4) is 17.3 Å². The third-order valence-electron chi connectivity index (χ3n) is 3.41. The summed E-state index contributed by atoms with van der Waals surface area (Å²) in [5, 5.41) is 19.5. The van der Waals surface area contributed by atoms with Crippen LogP contribution in [0.25, 0.3) is 11.3 Å². The molecule has 0 saturated heterocycles. The van der Waals surface area contributed by atoms with Gasteiger partial charge < -0.3 is 4.98 Å². The molecule has 2 rings (SSSR count). The molecule has 0 aliphatic heterocycles. The number of nitriles is 1. The van der Waals surface area contributed by atoms with Crippen molar-refractivity contribution < 1.29 is 0 Å². The Morgan fingerprint density at radius 2 is 1.86 bits per heavy atom. The van der Waals surface area contributed by atoms with Gasteiger partial charge in [-0.25, -0.2) is 0 Å². The predicted octanol–water partition coefficient (Wildman–Crippen LogP) is 4.20. The van der Waals surface area contributed by atoms with E-state index in [1.165, 1.54) is 0 Å². The van der Waals surface area contributed by atoms with Crippen LogP contribution in [0.5, 0.6) is 0 Å². The van der Waals surface area contributed by atoms with Gasteiger partial charge >= 0.3 is 0 Å². The van der Waals surface area contributed by atoms with Crippen LogP contribution in [-0.2, 0) is 0 Å². The summed E-state index contributed by atoms with van der Waals surface area (Å²) in [5.74, 6) is 0.515.